The standard InChI is InChI=1S/C26H31F3O4/c1-2-3-4-5-14-31-20-10-6-18(7-11-20)17-32-21-12-8-19(9-13-21)26(30)33-22-15-23(27)25(29)24(28)16-22/h8-9,12-13,15-16,18,20H,2-7,10-11,14,17H2,1H3/t18-,20-. The zero-order chi connectivity index (χ0) is 23.6. The van der Waals surface area contributed by atoms with Crippen LogP contribution in [0, 0.1) is 23.4 Å². The van der Waals surface area contributed by atoms with Crippen molar-refractivity contribution in [3.8, 4) is 11.5 Å². The molecule has 2 aromatic carbocycles. The van der Waals surface area contributed by atoms with Gasteiger partial charge in [-0.2, -0.15) is 0 Å². The van der Waals surface area contributed by atoms with E-state index >= 15 is 0 Å². The second-order valence-electron chi connectivity index (χ2n) is 8.50. The number of carbonyl (C=O) groups is 1. The molecule has 0 unspecified atom stereocenters. The van der Waals surface area contributed by atoms with Gasteiger partial charge in [-0.05, 0) is 62.3 Å². The normalized spacial score (nSPS) is 18.2. The molecule has 3 rings (SSSR count). The summed E-state index contributed by atoms with van der Waals surface area (Å²) >= 11 is 0. The minimum absolute atomic E-state index is 0.184. The lowest BCUT2D eigenvalue weighted by Gasteiger charge is -2.28. The molecule has 0 bridgehead atoms. The second-order valence-corrected chi connectivity index (χ2v) is 8.50. The highest BCUT2D eigenvalue weighted by molar-refractivity contribution is 5.91. The van der Waals surface area contributed by atoms with Crippen molar-refractivity contribution in [3.05, 3.63) is 59.4 Å². The van der Waals surface area contributed by atoms with Gasteiger partial charge >= 0.3 is 5.97 Å². The van der Waals surface area contributed by atoms with E-state index in [0.717, 1.165) is 38.7 Å². The summed E-state index contributed by atoms with van der Waals surface area (Å²) in [5, 5.41) is 0. The van der Waals surface area contributed by atoms with Gasteiger partial charge in [-0.25, -0.2) is 18.0 Å². The van der Waals surface area contributed by atoms with E-state index in [0.29, 0.717) is 36.5 Å². The third-order valence-electron chi connectivity index (χ3n) is 5.89. The molecule has 4 nitrogen and oxygen atoms in total. The fourth-order valence-electron chi connectivity index (χ4n) is 3.90. The van der Waals surface area contributed by atoms with Gasteiger partial charge in [-0.1, -0.05) is 26.2 Å². The molecule has 0 heterocycles. The van der Waals surface area contributed by atoms with Crippen molar-refractivity contribution >= 4 is 5.97 Å². The number of rotatable bonds is 11. The highest BCUT2D eigenvalue weighted by atomic mass is 19.2. The smallest absolute Gasteiger partial charge is 0.343 e. The minimum atomic E-state index is -1.61. The number of hydrogen-bond acceptors (Lipinski definition) is 4. The van der Waals surface area contributed by atoms with Crippen molar-refractivity contribution in [1.29, 1.82) is 0 Å². The molecule has 0 N–H and O–H groups in total. The van der Waals surface area contributed by atoms with Crippen molar-refractivity contribution in [2.75, 3.05) is 13.2 Å². The number of ether oxygens (including phenoxy) is 3. The molecule has 33 heavy (non-hydrogen) atoms. The largest absolute Gasteiger partial charge is 0.493 e. The van der Waals surface area contributed by atoms with Crippen LogP contribution in [0.1, 0.15) is 68.6 Å². The summed E-state index contributed by atoms with van der Waals surface area (Å²) < 4.78 is 56.4. The molecule has 2 aromatic rings. The third-order valence-corrected chi connectivity index (χ3v) is 5.89. The van der Waals surface area contributed by atoms with Gasteiger partial charge in [0.2, 0.25) is 0 Å². The molecular formula is C26H31F3O4. The van der Waals surface area contributed by atoms with Crippen molar-refractivity contribution in [1.82, 2.24) is 0 Å². The Morgan fingerprint density at radius 3 is 2.21 bits per heavy atom. The second kappa shape index (κ2) is 12.6. The van der Waals surface area contributed by atoms with Crippen LogP contribution in [-0.2, 0) is 4.74 Å². The Kier molecular flexibility index (Phi) is 9.61. The van der Waals surface area contributed by atoms with Crippen LogP contribution in [-0.4, -0.2) is 25.3 Å². The topological polar surface area (TPSA) is 44.8 Å². The molecule has 1 saturated carbocycles. The lowest BCUT2D eigenvalue weighted by Crippen LogP contribution is -2.25. The molecule has 0 spiro atoms. The molecule has 0 aromatic heterocycles. The first-order valence-corrected chi connectivity index (χ1v) is 11.7. The first kappa shape index (κ1) is 25.1. The Hall–Kier alpha value is -2.54. The molecule has 0 aliphatic heterocycles. The molecule has 1 fully saturated rings. The minimum Gasteiger partial charge on any atom is -0.493 e. The van der Waals surface area contributed by atoms with Crippen LogP contribution in [0.3, 0.4) is 0 Å². The highest BCUT2D eigenvalue weighted by Crippen LogP contribution is 2.27. The van der Waals surface area contributed by atoms with Crippen LogP contribution in [0.4, 0.5) is 13.2 Å². The van der Waals surface area contributed by atoms with Crippen LogP contribution in [0.25, 0.3) is 0 Å². The average molecular weight is 465 g/mol. The maximum atomic E-state index is 13.3. The maximum Gasteiger partial charge on any atom is 0.343 e. The fraction of sp³-hybridized carbons (Fsp3) is 0.500. The van der Waals surface area contributed by atoms with Crippen molar-refractivity contribution in [2.24, 2.45) is 5.92 Å². The molecule has 180 valence electrons. The van der Waals surface area contributed by atoms with Crippen LogP contribution in [0.15, 0.2) is 36.4 Å². The fourth-order valence-corrected chi connectivity index (χ4v) is 3.90. The summed E-state index contributed by atoms with van der Waals surface area (Å²) in [6.07, 6.45) is 9.46. The van der Waals surface area contributed by atoms with Crippen LogP contribution < -0.4 is 9.47 Å². The zero-order valence-corrected chi connectivity index (χ0v) is 19.0. The number of halogens is 3. The first-order chi connectivity index (χ1) is 16.0. The molecule has 0 amide bonds. The summed E-state index contributed by atoms with van der Waals surface area (Å²) in [5.41, 5.74) is 0.184. The highest BCUT2D eigenvalue weighted by Gasteiger charge is 2.22. The van der Waals surface area contributed by atoms with E-state index in [1.165, 1.54) is 31.4 Å². The lowest BCUT2D eigenvalue weighted by molar-refractivity contribution is 0.0111. The van der Waals surface area contributed by atoms with Gasteiger partial charge in [0.25, 0.3) is 0 Å². The van der Waals surface area contributed by atoms with Gasteiger partial charge in [0.05, 0.1) is 18.3 Å². The summed E-state index contributed by atoms with van der Waals surface area (Å²) in [6, 6.07) is 7.56. The first-order valence-electron chi connectivity index (χ1n) is 11.7. The molecule has 0 atom stereocenters. The lowest BCUT2D eigenvalue weighted by atomic mass is 9.88. The number of carbonyl (C=O) groups excluding carboxylic acids is 1. The molecular weight excluding hydrogens is 433 g/mol. The Morgan fingerprint density at radius 2 is 1.58 bits per heavy atom. The van der Waals surface area contributed by atoms with Crippen molar-refractivity contribution in [3.63, 3.8) is 0 Å². The van der Waals surface area contributed by atoms with Crippen LogP contribution in [0.2, 0.25) is 0 Å². The van der Waals surface area contributed by atoms with Crippen LogP contribution in [0.5, 0.6) is 11.5 Å². The van der Waals surface area contributed by atoms with E-state index < -0.39 is 29.2 Å². The van der Waals surface area contributed by atoms with E-state index in [9.17, 15) is 18.0 Å². The quantitative estimate of drug-likeness (QED) is 0.158. The predicted octanol–water partition coefficient (Wildman–Crippen LogP) is 6.86. The summed E-state index contributed by atoms with van der Waals surface area (Å²) in [4.78, 5) is 12.2. The Balaban J connectivity index is 1.39. The third kappa shape index (κ3) is 7.77. The van der Waals surface area contributed by atoms with E-state index in [1.54, 1.807) is 12.1 Å². The Morgan fingerprint density at radius 1 is 0.909 bits per heavy atom. The van der Waals surface area contributed by atoms with Gasteiger partial charge < -0.3 is 14.2 Å². The summed E-state index contributed by atoms with van der Waals surface area (Å²) in [7, 11) is 0. The Labute approximate surface area is 193 Å². The zero-order valence-electron chi connectivity index (χ0n) is 19.0. The predicted molar refractivity (Wildman–Crippen MR) is 119 cm³/mol. The van der Waals surface area contributed by atoms with E-state index in [1.807, 2.05) is 0 Å². The number of unbranched alkanes of at least 4 members (excludes halogenated alkanes) is 3. The molecule has 0 saturated heterocycles. The molecule has 1 aliphatic carbocycles. The maximum absolute atomic E-state index is 13.3. The SMILES string of the molecule is CCCCCCO[C@H]1CC[C@H](COc2ccc(C(=O)Oc3cc(F)c(F)c(F)c3)cc2)CC1. The summed E-state index contributed by atoms with van der Waals surface area (Å²) in [6.45, 7) is 3.65. The van der Waals surface area contributed by atoms with Crippen LogP contribution >= 0.6 is 0 Å². The number of benzene rings is 2. The number of esters is 1. The van der Waals surface area contributed by atoms with Gasteiger partial charge in [0.1, 0.15) is 11.5 Å². The van der Waals surface area contributed by atoms with E-state index in [-0.39, 0.29) is 5.56 Å². The molecule has 0 radical (unpaired) electrons. The van der Waals surface area contributed by atoms with Crippen molar-refractivity contribution < 1.29 is 32.2 Å². The van der Waals surface area contributed by atoms with Gasteiger partial charge in [0, 0.05) is 18.7 Å². The van der Waals surface area contributed by atoms with Gasteiger partial charge in [-0.3, -0.25) is 0 Å². The van der Waals surface area contributed by atoms with E-state index in [2.05, 4.69) is 6.92 Å². The van der Waals surface area contributed by atoms with Crippen molar-refractivity contribution in [2.45, 2.75) is 64.4 Å². The number of hydrogen-bond donors (Lipinski definition) is 0. The molecule has 7 heteroatoms. The Bertz CT molecular complexity index is 870. The van der Waals surface area contributed by atoms with Gasteiger partial charge in [-0.15, -0.1) is 0 Å². The van der Waals surface area contributed by atoms with Gasteiger partial charge in [0.15, 0.2) is 17.5 Å². The molecule has 1 aliphatic rings. The monoisotopic (exact) mass is 464 g/mol. The average Bonchev–Trinajstić information content (AvgIpc) is 2.82. The summed E-state index contributed by atoms with van der Waals surface area (Å²) in [5.74, 6) is -4.57. The van der Waals surface area contributed by atoms with E-state index in [4.69, 9.17) is 14.2 Å².